The molecule has 1 amide bonds. The third-order valence-corrected chi connectivity index (χ3v) is 8.59. The lowest BCUT2D eigenvalue weighted by Gasteiger charge is -2.18. The second kappa shape index (κ2) is 11.1. The lowest BCUT2D eigenvalue weighted by Crippen LogP contribution is -2.41. The maximum Gasteiger partial charge on any atom is 0.490 e. The number of alkyl halides is 3. The molecule has 38 heavy (non-hydrogen) atoms. The first-order valence-corrected chi connectivity index (χ1v) is 13.2. The van der Waals surface area contributed by atoms with Crippen LogP contribution in [0.3, 0.4) is 0 Å². The standard InChI is InChI=1S/C20H19ClN4O4S2.C2HF3O2/c21-14-3-1-11-8-18(30-17(11)9-14)31(28,29)24-15-5-6-25(20(15)27)10-13-7-12(19(22)23)2-4-16(13)26;3-2(4,5)1(6)7/h1-4,7-9,15,24,26H,5-6,10H2,(H3,22,23);(H,6,7). The van der Waals surface area contributed by atoms with E-state index in [-0.39, 0.29) is 28.2 Å². The number of hydrogen-bond donors (Lipinski definition) is 5. The quantitative estimate of drug-likeness (QED) is 0.216. The molecule has 1 aromatic heterocycles. The van der Waals surface area contributed by atoms with Crippen LogP contribution in [0.4, 0.5) is 13.2 Å². The second-order valence-electron chi connectivity index (χ2n) is 8.03. The summed E-state index contributed by atoms with van der Waals surface area (Å²) in [6.45, 7) is 0.420. The summed E-state index contributed by atoms with van der Waals surface area (Å²) in [6, 6.07) is 10.3. The monoisotopic (exact) mass is 592 g/mol. The van der Waals surface area contributed by atoms with Crippen LogP contribution in [0.15, 0.2) is 46.7 Å². The van der Waals surface area contributed by atoms with Gasteiger partial charge in [0.1, 0.15) is 21.8 Å². The number of amides is 1. The molecular weight excluding hydrogens is 573 g/mol. The number of hydrogen-bond acceptors (Lipinski definition) is 7. The Morgan fingerprint density at radius 3 is 2.50 bits per heavy atom. The van der Waals surface area contributed by atoms with Gasteiger partial charge in [-0.1, -0.05) is 17.7 Å². The Kier molecular flexibility index (Phi) is 8.55. The van der Waals surface area contributed by atoms with Crippen molar-refractivity contribution in [2.24, 2.45) is 5.73 Å². The number of likely N-dealkylation sites (tertiary alicyclic amines) is 1. The number of halogens is 4. The normalized spacial score (nSPS) is 15.8. The van der Waals surface area contributed by atoms with Gasteiger partial charge in [0.25, 0.3) is 10.0 Å². The number of carbonyl (C=O) groups is 2. The van der Waals surface area contributed by atoms with Crippen LogP contribution in [0.5, 0.6) is 5.75 Å². The van der Waals surface area contributed by atoms with Gasteiger partial charge in [0, 0.05) is 33.9 Å². The van der Waals surface area contributed by atoms with Crippen LogP contribution in [-0.2, 0) is 26.2 Å². The first kappa shape index (κ1) is 29.2. The number of phenols is 1. The van der Waals surface area contributed by atoms with E-state index in [1.54, 1.807) is 30.3 Å². The minimum Gasteiger partial charge on any atom is -0.508 e. The highest BCUT2D eigenvalue weighted by Crippen LogP contribution is 2.31. The van der Waals surface area contributed by atoms with Crippen molar-refractivity contribution in [3.05, 3.63) is 58.6 Å². The predicted molar refractivity (Wildman–Crippen MR) is 134 cm³/mol. The van der Waals surface area contributed by atoms with Crippen molar-refractivity contribution < 1.29 is 41.4 Å². The zero-order valence-corrected chi connectivity index (χ0v) is 21.5. The number of sulfonamides is 1. The summed E-state index contributed by atoms with van der Waals surface area (Å²) in [5.41, 5.74) is 6.36. The largest absolute Gasteiger partial charge is 0.508 e. The highest BCUT2D eigenvalue weighted by molar-refractivity contribution is 7.91. The summed E-state index contributed by atoms with van der Waals surface area (Å²) < 4.78 is 60.8. The van der Waals surface area contributed by atoms with Gasteiger partial charge in [-0.25, -0.2) is 13.2 Å². The molecule has 1 aliphatic heterocycles. The number of benzene rings is 2. The maximum atomic E-state index is 12.8. The molecule has 10 nitrogen and oxygen atoms in total. The van der Waals surface area contributed by atoms with Crippen LogP contribution in [0.25, 0.3) is 10.1 Å². The van der Waals surface area contributed by atoms with Crippen molar-refractivity contribution in [2.45, 2.75) is 29.4 Å². The van der Waals surface area contributed by atoms with Crippen LogP contribution < -0.4 is 10.5 Å². The van der Waals surface area contributed by atoms with Gasteiger partial charge in [-0.05, 0) is 48.2 Å². The fourth-order valence-electron chi connectivity index (χ4n) is 3.45. The van der Waals surface area contributed by atoms with Crippen LogP contribution in [0, 0.1) is 5.41 Å². The maximum absolute atomic E-state index is 12.8. The number of phenolic OH excluding ortho intramolecular Hbond substituents is 1. The van der Waals surface area contributed by atoms with Gasteiger partial charge in [0.15, 0.2) is 0 Å². The van der Waals surface area contributed by atoms with E-state index in [0.29, 0.717) is 29.1 Å². The molecule has 0 bridgehead atoms. The molecule has 0 radical (unpaired) electrons. The van der Waals surface area contributed by atoms with Crippen molar-refractivity contribution in [2.75, 3.05) is 6.54 Å². The molecule has 6 N–H and O–H groups in total. The van der Waals surface area contributed by atoms with E-state index in [2.05, 4.69) is 4.72 Å². The molecule has 1 fully saturated rings. The van der Waals surface area contributed by atoms with Crippen LogP contribution >= 0.6 is 22.9 Å². The highest BCUT2D eigenvalue weighted by Gasteiger charge is 2.38. The van der Waals surface area contributed by atoms with Crippen LogP contribution in [0.2, 0.25) is 5.02 Å². The van der Waals surface area contributed by atoms with E-state index in [1.165, 1.54) is 17.0 Å². The number of carbonyl (C=O) groups excluding carboxylic acids is 1. The Balaban J connectivity index is 0.000000505. The zero-order chi connectivity index (χ0) is 28.4. The number of rotatable bonds is 6. The lowest BCUT2D eigenvalue weighted by molar-refractivity contribution is -0.192. The molecule has 1 atom stereocenters. The Bertz CT molecular complexity index is 1510. The molecule has 16 heteroatoms. The van der Waals surface area contributed by atoms with E-state index < -0.39 is 28.2 Å². The third-order valence-electron chi connectivity index (χ3n) is 5.31. The van der Waals surface area contributed by atoms with Gasteiger partial charge in [-0.15, -0.1) is 11.3 Å². The topological polar surface area (TPSA) is 174 Å². The molecule has 0 spiro atoms. The number of nitrogen functional groups attached to an aromatic ring is 1. The number of nitrogens with zero attached hydrogens (tertiary/aromatic N) is 1. The summed E-state index contributed by atoms with van der Waals surface area (Å²) in [5.74, 6) is -3.30. The van der Waals surface area contributed by atoms with Crippen molar-refractivity contribution >= 4 is 60.8 Å². The summed E-state index contributed by atoms with van der Waals surface area (Å²) in [6.07, 6.45) is -4.78. The van der Waals surface area contributed by atoms with Crippen molar-refractivity contribution in [3.63, 3.8) is 0 Å². The molecule has 1 saturated heterocycles. The molecule has 204 valence electrons. The van der Waals surface area contributed by atoms with Crippen LogP contribution in [0.1, 0.15) is 17.5 Å². The molecule has 0 aliphatic carbocycles. The van der Waals surface area contributed by atoms with Gasteiger partial charge >= 0.3 is 12.1 Å². The second-order valence-corrected chi connectivity index (χ2v) is 11.5. The summed E-state index contributed by atoms with van der Waals surface area (Å²) >= 11 is 7.06. The Hall–Kier alpha value is -3.40. The fourth-order valence-corrected chi connectivity index (χ4v) is 6.36. The Morgan fingerprint density at radius 1 is 1.24 bits per heavy atom. The number of nitrogens with one attached hydrogen (secondary N) is 2. The highest BCUT2D eigenvalue weighted by atomic mass is 35.5. The van der Waals surface area contributed by atoms with Crippen molar-refractivity contribution in [3.8, 4) is 5.75 Å². The molecule has 1 aliphatic rings. The van der Waals surface area contributed by atoms with Crippen molar-refractivity contribution in [1.82, 2.24) is 9.62 Å². The lowest BCUT2D eigenvalue weighted by atomic mass is 10.1. The number of aliphatic carboxylic acids is 1. The molecular formula is C22H20ClF3N4O6S2. The molecule has 0 saturated carbocycles. The number of fused-ring (bicyclic) bond motifs is 1. The third kappa shape index (κ3) is 6.92. The first-order chi connectivity index (χ1) is 17.6. The fraction of sp³-hybridized carbons (Fsp3) is 0.227. The summed E-state index contributed by atoms with van der Waals surface area (Å²) in [4.78, 5) is 23.2. The smallest absolute Gasteiger partial charge is 0.490 e. The van der Waals surface area contributed by atoms with Gasteiger partial charge in [-0.3, -0.25) is 10.2 Å². The van der Waals surface area contributed by atoms with Gasteiger partial charge in [0.05, 0.1) is 0 Å². The van der Waals surface area contributed by atoms with E-state index in [9.17, 15) is 31.5 Å². The SMILES string of the molecule is N=C(N)c1ccc(O)c(CN2CCC(NS(=O)(=O)c3cc4ccc(Cl)cc4s3)C2=O)c1.O=C(O)C(F)(F)F. The van der Waals surface area contributed by atoms with Gasteiger partial charge in [0.2, 0.25) is 5.91 Å². The van der Waals surface area contributed by atoms with E-state index in [4.69, 9.17) is 32.6 Å². The minimum atomic E-state index is -5.08. The number of thiophene rings is 1. The summed E-state index contributed by atoms with van der Waals surface area (Å²) in [7, 11) is -3.89. The number of carboxylic acids is 1. The van der Waals surface area contributed by atoms with Crippen molar-refractivity contribution in [1.29, 1.82) is 5.41 Å². The molecule has 2 aromatic carbocycles. The van der Waals surface area contributed by atoms with E-state index in [0.717, 1.165) is 21.4 Å². The zero-order valence-electron chi connectivity index (χ0n) is 19.1. The minimum absolute atomic E-state index is 0.0224. The average Bonchev–Trinajstić information content (AvgIpc) is 3.39. The van der Waals surface area contributed by atoms with Gasteiger partial charge in [-0.2, -0.15) is 17.9 Å². The molecule has 4 rings (SSSR count). The Morgan fingerprint density at radius 2 is 1.89 bits per heavy atom. The predicted octanol–water partition coefficient (Wildman–Crippen LogP) is 3.26. The molecule has 2 heterocycles. The van der Waals surface area contributed by atoms with E-state index >= 15 is 0 Å². The van der Waals surface area contributed by atoms with Crippen LogP contribution in [-0.4, -0.2) is 60.0 Å². The number of carboxylic acid groups (broad SMARTS) is 1. The number of amidine groups is 1. The Labute approximate surface area is 223 Å². The summed E-state index contributed by atoms with van der Waals surface area (Å²) in [5, 5.41) is 26.0. The van der Waals surface area contributed by atoms with E-state index in [1.807, 2.05) is 0 Å². The molecule has 3 aromatic rings. The number of nitrogens with two attached hydrogens (primary N) is 1. The number of aromatic hydroxyl groups is 1. The molecule has 1 unspecified atom stereocenters. The van der Waals surface area contributed by atoms with Gasteiger partial charge < -0.3 is 20.8 Å². The first-order valence-electron chi connectivity index (χ1n) is 10.5. The average molecular weight is 593 g/mol.